The summed E-state index contributed by atoms with van der Waals surface area (Å²) < 4.78 is 14.1. The molecule has 3 atom stereocenters. The van der Waals surface area contributed by atoms with Crippen molar-refractivity contribution in [2.75, 3.05) is 20.1 Å². The molecule has 2 aliphatic rings. The minimum atomic E-state index is -0.347. The molecule has 0 aliphatic carbocycles. The minimum Gasteiger partial charge on any atom is -0.317 e. The van der Waals surface area contributed by atoms with Crippen LogP contribution in [0.4, 0.5) is 4.39 Å². The Morgan fingerprint density at radius 3 is 2.76 bits per heavy atom. The molecule has 5 heteroatoms. The van der Waals surface area contributed by atoms with Gasteiger partial charge in [0.1, 0.15) is 12.0 Å². The second-order valence-electron chi connectivity index (χ2n) is 6.00. The lowest BCUT2D eigenvalue weighted by molar-refractivity contribution is -0.132. The third-order valence-electron chi connectivity index (χ3n) is 4.56. The van der Waals surface area contributed by atoms with Gasteiger partial charge in [0.2, 0.25) is 5.91 Å². The second kappa shape index (κ2) is 5.73. The molecule has 1 N–H and O–H groups in total. The fourth-order valence-corrected chi connectivity index (χ4v) is 3.41. The first-order valence-electron chi connectivity index (χ1n) is 7.63. The van der Waals surface area contributed by atoms with E-state index in [4.69, 9.17) is 0 Å². The lowest BCUT2D eigenvalue weighted by atomic mass is 10.1. The number of benzene rings is 1. The Morgan fingerprint density at radius 1 is 1.38 bits per heavy atom. The molecule has 1 amide bonds. The van der Waals surface area contributed by atoms with E-state index in [-0.39, 0.29) is 30.0 Å². The van der Waals surface area contributed by atoms with Gasteiger partial charge in [-0.1, -0.05) is 25.1 Å². The Bertz CT molecular complexity index is 536. The van der Waals surface area contributed by atoms with Gasteiger partial charge in [-0.15, -0.1) is 0 Å². The van der Waals surface area contributed by atoms with Crippen LogP contribution < -0.4 is 5.32 Å². The van der Waals surface area contributed by atoms with Gasteiger partial charge in [0.05, 0.1) is 6.04 Å². The van der Waals surface area contributed by atoms with E-state index in [0.29, 0.717) is 5.56 Å². The topological polar surface area (TPSA) is 35.6 Å². The van der Waals surface area contributed by atoms with Crippen molar-refractivity contribution in [3.05, 3.63) is 35.6 Å². The Labute approximate surface area is 124 Å². The summed E-state index contributed by atoms with van der Waals surface area (Å²) in [5.41, 5.74) is 0.566. The van der Waals surface area contributed by atoms with Gasteiger partial charge >= 0.3 is 0 Å². The maximum Gasteiger partial charge on any atom is 0.241 e. The van der Waals surface area contributed by atoms with Crippen LogP contribution in [0.5, 0.6) is 0 Å². The summed E-state index contributed by atoms with van der Waals surface area (Å²) in [4.78, 5) is 16.7. The maximum atomic E-state index is 14.1. The molecule has 0 saturated carbocycles. The van der Waals surface area contributed by atoms with Crippen LogP contribution in [0.25, 0.3) is 0 Å². The Hall–Kier alpha value is -1.46. The summed E-state index contributed by atoms with van der Waals surface area (Å²) in [7, 11) is 2.06. The Balaban J connectivity index is 1.93. The normalized spacial score (nSPS) is 30.3. The average molecular weight is 291 g/mol. The van der Waals surface area contributed by atoms with E-state index in [1.807, 2.05) is 17.9 Å². The molecule has 0 spiro atoms. The molecule has 2 saturated heterocycles. The van der Waals surface area contributed by atoms with Crippen molar-refractivity contribution >= 4 is 5.91 Å². The maximum absolute atomic E-state index is 14.1. The van der Waals surface area contributed by atoms with Gasteiger partial charge < -0.3 is 9.80 Å². The van der Waals surface area contributed by atoms with Crippen molar-refractivity contribution in [2.24, 2.45) is 0 Å². The number of halogens is 1. The molecule has 114 valence electrons. The number of carbonyl (C=O) groups excluding carboxylic acids is 1. The van der Waals surface area contributed by atoms with Crippen LogP contribution in [0, 0.1) is 5.82 Å². The van der Waals surface area contributed by atoms with Gasteiger partial charge in [-0.2, -0.15) is 0 Å². The van der Waals surface area contributed by atoms with E-state index in [0.717, 1.165) is 25.9 Å². The summed E-state index contributed by atoms with van der Waals surface area (Å²) in [5.74, 6) is -0.151. The van der Waals surface area contributed by atoms with Crippen LogP contribution in [0.3, 0.4) is 0 Å². The van der Waals surface area contributed by atoms with Crippen molar-refractivity contribution in [2.45, 2.75) is 38.0 Å². The molecule has 21 heavy (non-hydrogen) atoms. The zero-order valence-electron chi connectivity index (χ0n) is 12.6. The number of hydrogen-bond donors (Lipinski definition) is 1. The third kappa shape index (κ3) is 2.56. The van der Waals surface area contributed by atoms with Gasteiger partial charge in [0.25, 0.3) is 0 Å². The lowest BCUT2D eigenvalue weighted by Crippen LogP contribution is -2.41. The fourth-order valence-electron chi connectivity index (χ4n) is 3.41. The average Bonchev–Trinajstić information content (AvgIpc) is 3.03. The van der Waals surface area contributed by atoms with Crippen molar-refractivity contribution in [1.29, 1.82) is 0 Å². The highest BCUT2D eigenvalue weighted by Gasteiger charge is 2.44. The number of nitrogens with one attached hydrogen (secondary N) is 1. The summed E-state index contributed by atoms with van der Waals surface area (Å²) in [6, 6.07) is 6.68. The largest absolute Gasteiger partial charge is 0.317 e. The zero-order chi connectivity index (χ0) is 15.0. The van der Waals surface area contributed by atoms with Crippen LogP contribution in [0.15, 0.2) is 24.3 Å². The monoisotopic (exact) mass is 291 g/mol. The number of likely N-dealkylation sites (N-methyl/N-ethyl adjacent to an activating group) is 1. The van der Waals surface area contributed by atoms with Crippen molar-refractivity contribution in [3.63, 3.8) is 0 Å². The molecule has 2 heterocycles. The van der Waals surface area contributed by atoms with E-state index in [9.17, 15) is 9.18 Å². The zero-order valence-corrected chi connectivity index (χ0v) is 12.6. The molecule has 1 aromatic carbocycles. The third-order valence-corrected chi connectivity index (χ3v) is 4.56. The molecule has 4 nitrogen and oxygen atoms in total. The number of carbonyl (C=O) groups is 1. The summed E-state index contributed by atoms with van der Waals surface area (Å²) in [6.07, 6.45) is 1.33. The van der Waals surface area contributed by atoms with Crippen LogP contribution in [-0.4, -0.2) is 47.9 Å². The van der Waals surface area contributed by atoms with E-state index in [2.05, 4.69) is 17.3 Å². The predicted molar refractivity (Wildman–Crippen MR) is 79.1 cm³/mol. The van der Waals surface area contributed by atoms with Crippen molar-refractivity contribution in [3.8, 4) is 0 Å². The first-order valence-corrected chi connectivity index (χ1v) is 7.63. The van der Waals surface area contributed by atoms with Crippen LogP contribution in [-0.2, 0) is 4.79 Å². The number of likely N-dealkylation sites (tertiary alicyclic amines) is 1. The van der Waals surface area contributed by atoms with Gasteiger partial charge in [-0.3, -0.25) is 10.1 Å². The summed E-state index contributed by atoms with van der Waals surface area (Å²) in [5, 5.41) is 3.31. The molecule has 0 radical (unpaired) electrons. The molecular weight excluding hydrogens is 269 g/mol. The highest BCUT2D eigenvalue weighted by Crippen LogP contribution is 2.32. The Kier molecular flexibility index (Phi) is 3.95. The van der Waals surface area contributed by atoms with E-state index >= 15 is 0 Å². The molecular formula is C16H22FN3O. The SMILES string of the molecule is CCC1NC(c2ccccc2F)N(C2CCN(C)C2)C1=O. The van der Waals surface area contributed by atoms with Gasteiger partial charge in [0.15, 0.2) is 0 Å². The standard InChI is InChI=1S/C16H22FN3O/c1-3-14-16(21)20(11-8-9-19(2)10-11)15(18-14)12-6-4-5-7-13(12)17/h4-7,11,14-15,18H,3,8-10H2,1-2H3. The molecule has 1 aromatic rings. The van der Waals surface area contributed by atoms with Crippen LogP contribution in [0.1, 0.15) is 31.5 Å². The highest BCUT2D eigenvalue weighted by atomic mass is 19.1. The first-order chi connectivity index (χ1) is 10.1. The van der Waals surface area contributed by atoms with Crippen LogP contribution >= 0.6 is 0 Å². The molecule has 2 aliphatic heterocycles. The molecule has 0 bridgehead atoms. The van der Waals surface area contributed by atoms with E-state index in [1.165, 1.54) is 6.07 Å². The van der Waals surface area contributed by atoms with Gasteiger partial charge in [-0.25, -0.2) is 4.39 Å². The summed E-state index contributed by atoms with van der Waals surface area (Å²) in [6.45, 7) is 3.82. The minimum absolute atomic E-state index is 0.103. The van der Waals surface area contributed by atoms with Crippen molar-refractivity contribution in [1.82, 2.24) is 15.1 Å². The van der Waals surface area contributed by atoms with E-state index < -0.39 is 0 Å². The van der Waals surface area contributed by atoms with Crippen molar-refractivity contribution < 1.29 is 9.18 Å². The first kappa shape index (κ1) is 14.5. The molecule has 2 fully saturated rings. The number of rotatable bonds is 3. The molecule has 3 rings (SSSR count). The smallest absolute Gasteiger partial charge is 0.241 e. The Morgan fingerprint density at radius 2 is 2.14 bits per heavy atom. The van der Waals surface area contributed by atoms with Gasteiger partial charge in [-0.05, 0) is 32.5 Å². The second-order valence-corrected chi connectivity index (χ2v) is 6.00. The highest BCUT2D eigenvalue weighted by molar-refractivity contribution is 5.85. The molecule has 3 unspecified atom stereocenters. The summed E-state index contributed by atoms with van der Waals surface area (Å²) >= 11 is 0. The number of nitrogens with zero attached hydrogens (tertiary/aromatic N) is 2. The quantitative estimate of drug-likeness (QED) is 0.921. The number of hydrogen-bond acceptors (Lipinski definition) is 3. The predicted octanol–water partition coefficient (Wildman–Crippen LogP) is 1.74. The number of amides is 1. The lowest BCUT2D eigenvalue weighted by Gasteiger charge is -2.30. The van der Waals surface area contributed by atoms with E-state index in [1.54, 1.807) is 12.1 Å². The fraction of sp³-hybridized carbons (Fsp3) is 0.562. The van der Waals surface area contributed by atoms with Crippen LogP contribution in [0.2, 0.25) is 0 Å². The van der Waals surface area contributed by atoms with Gasteiger partial charge in [0, 0.05) is 18.2 Å². The molecule has 0 aromatic heterocycles.